The molecule has 9 nitrogen and oxygen atoms in total. The number of nitro benzene ring substituents is 1. The Morgan fingerprint density at radius 3 is 2.21 bits per heavy atom. The lowest BCUT2D eigenvalue weighted by Gasteiger charge is -2.35. The fraction of sp³-hybridized carbons (Fsp3) is 0.458. The molecular weight excluding hydrogens is 456 g/mol. The maximum Gasteiger partial charge on any atom is 0.293 e. The second-order valence-corrected chi connectivity index (χ2v) is 10.6. The molecule has 0 atom stereocenters. The second kappa shape index (κ2) is 10.4. The maximum absolute atomic E-state index is 13.0. The van der Waals surface area contributed by atoms with E-state index in [1.54, 1.807) is 30.3 Å². The van der Waals surface area contributed by atoms with Gasteiger partial charge in [0, 0.05) is 43.9 Å². The number of hydrogen-bond donors (Lipinski definition) is 1. The largest absolute Gasteiger partial charge is 0.366 e. The number of sulfonamides is 1. The van der Waals surface area contributed by atoms with Gasteiger partial charge in [-0.25, -0.2) is 8.42 Å². The predicted molar refractivity (Wildman–Crippen MR) is 130 cm³/mol. The number of carbonyl (C=O) groups is 1. The van der Waals surface area contributed by atoms with E-state index in [-0.39, 0.29) is 22.4 Å². The van der Waals surface area contributed by atoms with Crippen molar-refractivity contribution in [2.45, 2.75) is 43.4 Å². The molecule has 4 rings (SSSR count). The molecule has 2 fully saturated rings. The van der Waals surface area contributed by atoms with E-state index >= 15 is 0 Å². The van der Waals surface area contributed by atoms with Gasteiger partial charge >= 0.3 is 0 Å². The van der Waals surface area contributed by atoms with Crippen LogP contribution in [0.5, 0.6) is 0 Å². The zero-order valence-electron chi connectivity index (χ0n) is 19.1. The minimum Gasteiger partial charge on any atom is -0.366 e. The summed E-state index contributed by atoms with van der Waals surface area (Å²) in [5.41, 5.74) is 0.503. The van der Waals surface area contributed by atoms with Gasteiger partial charge in [0.1, 0.15) is 5.69 Å². The molecule has 2 saturated heterocycles. The van der Waals surface area contributed by atoms with Gasteiger partial charge < -0.3 is 9.80 Å². The first-order valence-corrected chi connectivity index (χ1v) is 13.2. The normalized spacial score (nSPS) is 17.8. The summed E-state index contributed by atoms with van der Waals surface area (Å²) in [4.78, 5) is 27.9. The first-order chi connectivity index (χ1) is 16.3. The number of carbonyl (C=O) groups excluding carboxylic acids is 1. The molecule has 0 aliphatic carbocycles. The van der Waals surface area contributed by atoms with E-state index in [0.717, 1.165) is 32.0 Å². The molecule has 1 amide bonds. The highest BCUT2D eigenvalue weighted by atomic mass is 32.2. The van der Waals surface area contributed by atoms with Crippen LogP contribution in [0, 0.1) is 16.0 Å². The van der Waals surface area contributed by atoms with Crippen molar-refractivity contribution in [2.24, 2.45) is 5.92 Å². The Labute approximate surface area is 200 Å². The van der Waals surface area contributed by atoms with Crippen molar-refractivity contribution in [1.82, 2.24) is 4.90 Å². The number of rotatable bonds is 6. The maximum atomic E-state index is 13.0. The summed E-state index contributed by atoms with van der Waals surface area (Å²) >= 11 is 0. The topological polar surface area (TPSA) is 113 Å². The summed E-state index contributed by atoms with van der Waals surface area (Å²) < 4.78 is 28.0. The van der Waals surface area contributed by atoms with E-state index < -0.39 is 14.9 Å². The molecule has 0 aromatic heterocycles. The summed E-state index contributed by atoms with van der Waals surface area (Å²) in [6.07, 6.45) is 5.68. The number of benzene rings is 2. The molecule has 0 saturated carbocycles. The Morgan fingerprint density at radius 1 is 0.941 bits per heavy atom. The molecule has 0 radical (unpaired) electrons. The number of anilines is 2. The summed E-state index contributed by atoms with van der Waals surface area (Å²) in [5.74, 6) is 0.132. The molecule has 1 N–H and O–H groups in total. The number of nitro groups is 1. The van der Waals surface area contributed by atoms with Gasteiger partial charge in [0.2, 0.25) is 5.91 Å². The molecule has 10 heteroatoms. The van der Waals surface area contributed by atoms with Crippen LogP contribution in [-0.2, 0) is 14.8 Å². The highest BCUT2D eigenvalue weighted by Crippen LogP contribution is 2.34. The number of para-hydroxylation sites is 1. The van der Waals surface area contributed by atoms with Gasteiger partial charge in [-0.3, -0.25) is 19.6 Å². The Bertz CT molecular complexity index is 1120. The lowest BCUT2D eigenvalue weighted by molar-refractivity contribution is -0.384. The van der Waals surface area contributed by atoms with Crippen LogP contribution < -0.4 is 9.62 Å². The van der Waals surface area contributed by atoms with Crippen LogP contribution in [-0.4, -0.2) is 50.3 Å². The van der Waals surface area contributed by atoms with Gasteiger partial charge in [-0.15, -0.1) is 0 Å². The fourth-order valence-corrected chi connectivity index (χ4v) is 5.80. The molecule has 34 heavy (non-hydrogen) atoms. The van der Waals surface area contributed by atoms with Gasteiger partial charge in [-0.1, -0.05) is 31.0 Å². The second-order valence-electron chi connectivity index (χ2n) is 8.88. The molecule has 2 heterocycles. The van der Waals surface area contributed by atoms with Crippen molar-refractivity contribution < 1.29 is 18.1 Å². The van der Waals surface area contributed by atoms with Crippen molar-refractivity contribution in [2.75, 3.05) is 35.8 Å². The number of likely N-dealkylation sites (tertiary alicyclic amines) is 1. The molecule has 0 spiro atoms. The monoisotopic (exact) mass is 486 g/mol. The molecular formula is C24H30N4O5S. The van der Waals surface area contributed by atoms with Crippen LogP contribution in [0.2, 0.25) is 0 Å². The van der Waals surface area contributed by atoms with Gasteiger partial charge in [-0.2, -0.15) is 0 Å². The Hall–Kier alpha value is -3.14. The number of piperidine rings is 1. The minimum atomic E-state index is -3.98. The van der Waals surface area contributed by atoms with Crippen LogP contribution >= 0.6 is 0 Å². The molecule has 2 aromatic rings. The third-order valence-electron chi connectivity index (χ3n) is 6.58. The van der Waals surface area contributed by atoms with E-state index in [1.807, 2.05) is 9.80 Å². The molecule has 182 valence electrons. The molecule has 2 aliphatic rings. The van der Waals surface area contributed by atoms with Crippen molar-refractivity contribution in [3.05, 3.63) is 58.6 Å². The Morgan fingerprint density at radius 2 is 1.59 bits per heavy atom. The first-order valence-electron chi connectivity index (χ1n) is 11.8. The lowest BCUT2D eigenvalue weighted by Crippen LogP contribution is -2.43. The van der Waals surface area contributed by atoms with Crippen molar-refractivity contribution in [3.63, 3.8) is 0 Å². The average Bonchev–Trinajstić information content (AvgIpc) is 3.13. The van der Waals surface area contributed by atoms with Gasteiger partial charge in [0.05, 0.1) is 9.82 Å². The summed E-state index contributed by atoms with van der Waals surface area (Å²) in [5, 5.41) is 11.8. The number of nitrogens with zero attached hydrogens (tertiary/aromatic N) is 3. The summed E-state index contributed by atoms with van der Waals surface area (Å²) in [6, 6.07) is 12.4. The Kier molecular flexibility index (Phi) is 7.35. The van der Waals surface area contributed by atoms with Crippen LogP contribution in [0.25, 0.3) is 0 Å². The number of nitrogens with one attached hydrogen (secondary N) is 1. The van der Waals surface area contributed by atoms with E-state index in [9.17, 15) is 23.3 Å². The molecule has 2 aliphatic heterocycles. The van der Waals surface area contributed by atoms with E-state index in [4.69, 9.17) is 0 Å². The fourth-order valence-electron chi connectivity index (χ4n) is 4.72. The highest BCUT2D eigenvalue weighted by Gasteiger charge is 2.32. The first kappa shape index (κ1) is 24.0. The summed E-state index contributed by atoms with van der Waals surface area (Å²) in [7, 11) is -3.98. The lowest BCUT2D eigenvalue weighted by atomic mass is 9.94. The smallest absolute Gasteiger partial charge is 0.293 e. The quantitative estimate of drug-likeness (QED) is 0.488. The van der Waals surface area contributed by atoms with Crippen molar-refractivity contribution in [3.8, 4) is 0 Å². The van der Waals surface area contributed by atoms with Crippen LogP contribution in [0.4, 0.5) is 17.1 Å². The standard InChI is InChI=1S/C24H30N4O5S/c29-24(27-14-6-1-2-7-15-27)19-12-16-26(17-13-19)22-11-10-21(18-23(22)28(30)31)34(32,33)25-20-8-4-3-5-9-20/h3-5,8-11,18-19,25H,1-2,6-7,12-17H2. The molecule has 2 aromatic carbocycles. The van der Waals surface area contributed by atoms with Gasteiger partial charge in [0.25, 0.3) is 15.7 Å². The average molecular weight is 487 g/mol. The zero-order valence-corrected chi connectivity index (χ0v) is 19.9. The van der Waals surface area contributed by atoms with Crippen LogP contribution in [0.3, 0.4) is 0 Å². The zero-order chi connectivity index (χ0) is 24.1. The molecule has 0 unspecified atom stereocenters. The Balaban J connectivity index is 1.47. The van der Waals surface area contributed by atoms with Gasteiger partial charge in [0.15, 0.2) is 0 Å². The van der Waals surface area contributed by atoms with Crippen LogP contribution in [0.1, 0.15) is 38.5 Å². The van der Waals surface area contributed by atoms with Crippen molar-refractivity contribution >= 4 is 33.0 Å². The number of hydrogen-bond acceptors (Lipinski definition) is 6. The molecule has 0 bridgehead atoms. The summed E-state index contributed by atoms with van der Waals surface area (Å²) in [6.45, 7) is 2.66. The highest BCUT2D eigenvalue weighted by molar-refractivity contribution is 7.92. The third kappa shape index (κ3) is 5.49. The van der Waals surface area contributed by atoms with E-state index in [0.29, 0.717) is 37.3 Å². The van der Waals surface area contributed by atoms with Gasteiger partial charge in [-0.05, 0) is 49.9 Å². The van der Waals surface area contributed by atoms with E-state index in [2.05, 4.69) is 4.72 Å². The third-order valence-corrected chi connectivity index (χ3v) is 7.96. The minimum absolute atomic E-state index is 0.0665. The van der Waals surface area contributed by atoms with Crippen LogP contribution in [0.15, 0.2) is 53.4 Å². The van der Waals surface area contributed by atoms with E-state index in [1.165, 1.54) is 25.0 Å². The SMILES string of the molecule is O=C(C1CCN(c2ccc(S(=O)(=O)Nc3ccccc3)cc2[N+](=O)[O-])CC1)N1CCCCCC1. The van der Waals surface area contributed by atoms with Crippen molar-refractivity contribution in [1.29, 1.82) is 0 Å². The predicted octanol–water partition coefficient (Wildman–Crippen LogP) is 4.01. The number of amides is 1.